The lowest BCUT2D eigenvalue weighted by Gasteiger charge is -2.09. The first-order chi connectivity index (χ1) is 9.92. The molecule has 21 heavy (non-hydrogen) atoms. The fourth-order valence-corrected chi connectivity index (χ4v) is 2.41. The van der Waals surface area contributed by atoms with E-state index in [1.165, 1.54) is 19.2 Å². The fourth-order valence-electron chi connectivity index (χ4n) is 1.66. The van der Waals surface area contributed by atoms with Gasteiger partial charge in [0.2, 0.25) is 0 Å². The highest BCUT2D eigenvalue weighted by atomic mass is 35.5. The molecule has 2 rings (SSSR count). The summed E-state index contributed by atoms with van der Waals surface area (Å²) in [6, 6.07) is 7.80. The molecule has 0 saturated heterocycles. The van der Waals surface area contributed by atoms with E-state index in [4.69, 9.17) is 45.3 Å². The molecule has 0 saturated carbocycles. The minimum Gasteiger partial charge on any atom is -0.495 e. The Labute approximate surface area is 136 Å². The van der Waals surface area contributed by atoms with E-state index in [0.29, 0.717) is 22.0 Å². The van der Waals surface area contributed by atoms with Crippen molar-refractivity contribution in [3.63, 3.8) is 0 Å². The summed E-state index contributed by atoms with van der Waals surface area (Å²) < 4.78 is 5.04. The molecular formula is C14H11Cl3N2O2. The van der Waals surface area contributed by atoms with E-state index in [-0.39, 0.29) is 21.6 Å². The number of nitrogen functional groups attached to an aromatic ring is 1. The van der Waals surface area contributed by atoms with E-state index in [1.807, 2.05) is 0 Å². The van der Waals surface area contributed by atoms with Crippen molar-refractivity contribution in [3.05, 3.63) is 51.0 Å². The van der Waals surface area contributed by atoms with Gasteiger partial charge in [-0.2, -0.15) is 0 Å². The quantitative estimate of drug-likeness (QED) is 0.806. The van der Waals surface area contributed by atoms with E-state index in [0.717, 1.165) is 0 Å². The second-order valence-electron chi connectivity index (χ2n) is 4.16. The lowest BCUT2D eigenvalue weighted by atomic mass is 10.2. The van der Waals surface area contributed by atoms with Crippen molar-refractivity contribution in [2.75, 3.05) is 18.2 Å². The molecule has 0 aromatic heterocycles. The molecule has 7 heteroatoms. The molecule has 3 N–H and O–H groups in total. The third-order valence-electron chi connectivity index (χ3n) is 2.75. The van der Waals surface area contributed by atoms with Crippen molar-refractivity contribution in [3.8, 4) is 5.75 Å². The monoisotopic (exact) mass is 344 g/mol. The van der Waals surface area contributed by atoms with Crippen LogP contribution in [0.2, 0.25) is 15.1 Å². The van der Waals surface area contributed by atoms with Crippen molar-refractivity contribution in [1.29, 1.82) is 0 Å². The van der Waals surface area contributed by atoms with Crippen LogP contribution in [0.1, 0.15) is 10.4 Å². The standard InChI is InChI=1S/C14H11Cl3N2O2/c1-21-12-3-2-8(6-9(12)15)19-14(20)7-4-10(16)13(18)11(17)5-7/h2-6H,18H2,1H3,(H,19,20). The number of nitrogens with two attached hydrogens (primary N) is 1. The summed E-state index contributed by atoms with van der Waals surface area (Å²) in [5.74, 6) is 0.147. The fraction of sp³-hybridized carbons (Fsp3) is 0.0714. The predicted octanol–water partition coefficient (Wildman–Crippen LogP) is 4.49. The molecule has 0 aliphatic heterocycles. The topological polar surface area (TPSA) is 64.3 Å². The number of amides is 1. The lowest BCUT2D eigenvalue weighted by molar-refractivity contribution is 0.102. The van der Waals surface area contributed by atoms with Gasteiger partial charge in [-0.3, -0.25) is 4.79 Å². The van der Waals surface area contributed by atoms with Gasteiger partial charge in [0.15, 0.2) is 0 Å². The van der Waals surface area contributed by atoms with Crippen LogP contribution in [0.15, 0.2) is 30.3 Å². The van der Waals surface area contributed by atoms with Gasteiger partial charge in [-0.15, -0.1) is 0 Å². The number of benzene rings is 2. The summed E-state index contributed by atoms with van der Waals surface area (Å²) >= 11 is 17.8. The summed E-state index contributed by atoms with van der Waals surface area (Å²) in [6.45, 7) is 0. The van der Waals surface area contributed by atoms with Gasteiger partial charge in [0.05, 0.1) is 27.9 Å². The minimum absolute atomic E-state index is 0.223. The molecule has 0 aliphatic rings. The van der Waals surface area contributed by atoms with Crippen LogP contribution >= 0.6 is 34.8 Å². The second-order valence-corrected chi connectivity index (χ2v) is 5.38. The number of hydrogen-bond acceptors (Lipinski definition) is 3. The Hall–Kier alpha value is -1.62. The maximum absolute atomic E-state index is 12.2. The summed E-state index contributed by atoms with van der Waals surface area (Å²) in [6.07, 6.45) is 0. The highest BCUT2D eigenvalue weighted by molar-refractivity contribution is 6.39. The number of ether oxygens (including phenoxy) is 1. The van der Waals surface area contributed by atoms with Gasteiger partial charge in [-0.25, -0.2) is 0 Å². The molecule has 0 fully saturated rings. The first-order valence-electron chi connectivity index (χ1n) is 5.81. The average molecular weight is 346 g/mol. The molecule has 0 unspecified atom stereocenters. The zero-order chi connectivity index (χ0) is 15.6. The molecule has 1 amide bonds. The number of methoxy groups -OCH3 is 1. The number of nitrogens with one attached hydrogen (secondary N) is 1. The molecule has 110 valence electrons. The number of carbonyl (C=O) groups excluding carboxylic acids is 1. The molecule has 2 aromatic carbocycles. The largest absolute Gasteiger partial charge is 0.495 e. The summed E-state index contributed by atoms with van der Waals surface area (Å²) in [5, 5.41) is 3.52. The Morgan fingerprint density at radius 2 is 1.71 bits per heavy atom. The minimum atomic E-state index is -0.375. The van der Waals surface area contributed by atoms with Crippen LogP contribution in [-0.4, -0.2) is 13.0 Å². The highest BCUT2D eigenvalue weighted by Crippen LogP contribution is 2.30. The van der Waals surface area contributed by atoms with Gasteiger partial charge in [-0.05, 0) is 30.3 Å². The Morgan fingerprint density at radius 3 is 2.24 bits per heavy atom. The van der Waals surface area contributed by atoms with Gasteiger partial charge in [0, 0.05) is 11.3 Å². The number of halogens is 3. The number of carbonyl (C=O) groups is 1. The normalized spacial score (nSPS) is 10.3. The predicted molar refractivity (Wildman–Crippen MR) is 86.8 cm³/mol. The third kappa shape index (κ3) is 3.53. The summed E-state index contributed by atoms with van der Waals surface area (Å²) in [7, 11) is 1.51. The van der Waals surface area contributed by atoms with Gasteiger partial charge >= 0.3 is 0 Å². The van der Waals surface area contributed by atoms with E-state index in [2.05, 4.69) is 5.32 Å². The second kappa shape index (κ2) is 6.43. The molecule has 4 nitrogen and oxygen atoms in total. The smallest absolute Gasteiger partial charge is 0.255 e. The van der Waals surface area contributed by atoms with Gasteiger partial charge in [0.1, 0.15) is 5.75 Å². The van der Waals surface area contributed by atoms with Crippen molar-refractivity contribution in [1.82, 2.24) is 0 Å². The SMILES string of the molecule is COc1ccc(NC(=O)c2cc(Cl)c(N)c(Cl)c2)cc1Cl. The first kappa shape index (κ1) is 15.8. The van der Waals surface area contributed by atoms with Crippen molar-refractivity contribution >= 4 is 52.1 Å². The molecule has 0 aliphatic carbocycles. The number of anilines is 2. The van der Waals surface area contributed by atoms with Crippen LogP contribution in [0, 0.1) is 0 Å². The number of rotatable bonds is 3. The Kier molecular flexibility index (Phi) is 4.83. The van der Waals surface area contributed by atoms with Crippen molar-refractivity contribution in [2.24, 2.45) is 0 Å². The molecule has 0 heterocycles. The third-order valence-corrected chi connectivity index (χ3v) is 3.67. The van der Waals surface area contributed by atoms with E-state index in [1.54, 1.807) is 18.2 Å². The van der Waals surface area contributed by atoms with Crippen LogP contribution < -0.4 is 15.8 Å². The van der Waals surface area contributed by atoms with Crippen LogP contribution in [0.4, 0.5) is 11.4 Å². The van der Waals surface area contributed by atoms with Crippen LogP contribution in [-0.2, 0) is 0 Å². The van der Waals surface area contributed by atoms with Crippen LogP contribution in [0.25, 0.3) is 0 Å². The molecule has 0 radical (unpaired) electrons. The van der Waals surface area contributed by atoms with Gasteiger partial charge < -0.3 is 15.8 Å². The zero-order valence-corrected chi connectivity index (χ0v) is 13.2. The van der Waals surface area contributed by atoms with Gasteiger partial charge in [-0.1, -0.05) is 34.8 Å². The van der Waals surface area contributed by atoms with Crippen molar-refractivity contribution < 1.29 is 9.53 Å². The highest BCUT2D eigenvalue weighted by Gasteiger charge is 2.12. The molecule has 0 bridgehead atoms. The van der Waals surface area contributed by atoms with E-state index in [9.17, 15) is 4.79 Å². The summed E-state index contributed by atoms with van der Waals surface area (Å²) in [4.78, 5) is 12.2. The Balaban J connectivity index is 2.24. The van der Waals surface area contributed by atoms with E-state index >= 15 is 0 Å². The molecule has 0 atom stereocenters. The Bertz CT molecular complexity index is 682. The average Bonchev–Trinajstić information content (AvgIpc) is 2.44. The van der Waals surface area contributed by atoms with Crippen LogP contribution in [0.5, 0.6) is 5.75 Å². The van der Waals surface area contributed by atoms with E-state index < -0.39 is 0 Å². The molecule has 0 spiro atoms. The molecule has 2 aromatic rings. The maximum atomic E-state index is 12.2. The van der Waals surface area contributed by atoms with Crippen LogP contribution in [0.3, 0.4) is 0 Å². The first-order valence-corrected chi connectivity index (χ1v) is 6.95. The Morgan fingerprint density at radius 1 is 1.10 bits per heavy atom. The maximum Gasteiger partial charge on any atom is 0.255 e. The molecular weight excluding hydrogens is 335 g/mol. The van der Waals surface area contributed by atoms with Gasteiger partial charge in [0.25, 0.3) is 5.91 Å². The lowest BCUT2D eigenvalue weighted by Crippen LogP contribution is -2.12. The number of hydrogen-bond donors (Lipinski definition) is 2. The summed E-state index contributed by atoms with van der Waals surface area (Å²) in [5.41, 5.74) is 6.69. The van der Waals surface area contributed by atoms with Crippen molar-refractivity contribution in [2.45, 2.75) is 0 Å². The zero-order valence-electron chi connectivity index (χ0n) is 10.9.